The maximum absolute atomic E-state index is 11.9. The lowest BCUT2D eigenvalue weighted by Gasteiger charge is -2.09. The van der Waals surface area contributed by atoms with Crippen molar-refractivity contribution in [3.8, 4) is 0 Å². The van der Waals surface area contributed by atoms with Crippen LogP contribution in [0.5, 0.6) is 0 Å². The molecular weight excluding hydrogens is 312 g/mol. The average molecular weight is 328 g/mol. The van der Waals surface area contributed by atoms with Crippen LogP contribution >= 0.6 is 23.5 Å². The lowest BCUT2D eigenvalue weighted by atomic mass is 10.1. The van der Waals surface area contributed by atoms with Crippen LogP contribution in [0.25, 0.3) is 10.8 Å². The number of hydrogen-bond donors (Lipinski definition) is 0. The summed E-state index contributed by atoms with van der Waals surface area (Å²) in [6.45, 7) is 10.8. The summed E-state index contributed by atoms with van der Waals surface area (Å²) >= 11 is 2.33. The third kappa shape index (κ3) is 3.70. The van der Waals surface area contributed by atoms with Crippen molar-refractivity contribution in [3.05, 3.63) is 60.7 Å². The van der Waals surface area contributed by atoms with Crippen LogP contribution in [0.1, 0.15) is 13.8 Å². The first-order valence-electron chi connectivity index (χ1n) is 6.67. The van der Waals surface area contributed by atoms with Crippen LogP contribution in [0.3, 0.4) is 0 Å². The summed E-state index contributed by atoms with van der Waals surface area (Å²) in [5.41, 5.74) is 1.04. The highest BCUT2D eigenvalue weighted by Crippen LogP contribution is 2.35. The molecule has 0 unspecified atom stereocenters. The molecule has 0 radical (unpaired) electrons. The summed E-state index contributed by atoms with van der Waals surface area (Å²) in [6.07, 6.45) is 0. The highest BCUT2D eigenvalue weighted by molar-refractivity contribution is 8.14. The monoisotopic (exact) mass is 328 g/mol. The SMILES string of the molecule is C=C(C)C(=O)Sc1cccc2c(SC(=O)C(=C)C)cccc12. The van der Waals surface area contributed by atoms with E-state index >= 15 is 0 Å². The minimum absolute atomic E-state index is 0.0523. The van der Waals surface area contributed by atoms with Gasteiger partial charge in [0.15, 0.2) is 0 Å². The number of benzene rings is 2. The molecule has 0 atom stereocenters. The molecule has 2 rings (SSSR count). The molecule has 0 heterocycles. The second-order valence-corrected chi connectivity index (χ2v) is 6.98. The van der Waals surface area contributed by atoms with E-state index in [0.29, 0.717) is 11.1 Å². The molecule has 22 heavy (non-hydrogen) atoms. The Morgan fingerprint density at radius 3 is 1.45 bits per heavy atom. The summed E-state index contributed by atoms with van der Waals surface area (Å²) in [4.78, 5) is 25.5. The number of hydrogen-bond acceptors (Lipinski definition) is 4. The molecule has 112 valence electrons. The standard InChI is InChI=1S/C18H16O2S2/c1-11(2)17(19)21-15-9-5-8-14-13(15)7-6-10-16(14)22-18(20)12(3)4/h5-10H,1,3H2,2,4H3. The smallest absolute Gasteiger partial charge is 0.219 e. The topological polar surface area (TPSA) is 34.1 Å². The molecular formula is C18H16O2S2. The minimum Gasteiger partial charge on any atom is -0.282 e. The molecule has 0 fully saturated rings. The molecule has 2 aromatic rings. The van der Waals surface area contributed by atoms with E-state index in [-0.39, 0.29) is 10.2 Å². The van der Waals surface area contributed by atoms with Gasteiger partial charge < -0.3 is 0 Å². The molecule has 2 nitrogen and oxygen atoms in total. The lowest BCUT2D eigenvalue weighted by Crippen LogP contribution is -1.93. The first-order valence-corrected chi connectivity index (χ1v) is 8.30. The normalized spacial score (nSPS) is 10.5. The first kappa shape index (κ1) is 16.6. The average Bonchev–Trinajstić information content (AvgIpc) is 2.47. The second-order valence-electron chi connectivity index (χ2n) is 4.95. The number of fused-ring (bicyclic) bond motifs is 1. The van der Waals surface area contributed by atoms with Crippen LogP contribution in [0.4, 0.5) is 0 Å². The molecule has 0 aliphatic rings. The van der Waals surface area contributed by atoms with Crippen molar-refractivity contribution < 1.29 is 9.59 Å². The van der Waals surface area contributed by atoms with E-state index in [2.05, 4.69) is 13.2 Å². The van der Waals surface area contributed by atoms with E-state index in [4.69, 9.17) is 0 Å². The fraction of sp³-hybridized carbons (Fsp3) is 0.111. The zero-order valence-electron chi connectivity index (χ0n) is 12.5. The molecule has 0 saturated heterocycles. The fourth-order valence-corrected chi connectivity index (χ4v) is 3.42. The van der Waals surface area contributed by atoms with Crippen LogP contribution < -0.4 is 0 Å². The Morgan fingerprint density at radius 2 is 1.14 bits per heavy atom. The van der Waals surface area contributed by atoms with Crippen molar-refractivity contribution in [3.63, 3.8) is 0 Å². The van der Waals surface area contributed by atoms with Crippen LogP contribution in [-0.4, -0.2) is 10.2 Å². The number of carbonyl (C=O) groups excluding carboxylic acids is 2. The van der Waals surface area contributed by atoms with Crippen LogP contribution in [0.2, 0.25) is 0 Å². The minimum atomic E-state index is -0.0523. The van der Waals surface area contributed by atoms with Gasteiger partial charge in [0.2, 0.25) is 10.2 Å². The second kappa shape index (κ2) is 6.99. The van der Waals surface area contributed by atoms with Crippen molar-refractivity contribution >= 4 is 44.5 Å². The molecule has 0 amide bonds. The molecule has 0 bridgehead atoms. The number of rotatable bonds is 4. The van der Waals surface area contributed by atoms with Gasteiger partial charge in [-0.15, -0.1) is 0 Å². The molecule has 0 aromatic heterocycles. The molecule has 0 aliphatic heterocycles. The Kier molecular flexibility index (Phi) is 5.27. The molecule has 0 aliphatic carbocycles. The van der Waals surface area contributed by atoms with Gasteiger partial charge in [0.1, 0.15) is 0 Å². The number of thioether (sulfide) groups is 2. The zero-order chi connectivity index (χ0) is 16.3. The predicted molar refractivity (Wildman–Crippen MR) is 95.3 cm³/mol. The highest BCUT2D eigenvalue weighted by atomic mass is 32.2. The van der Waals surface area contributed by atoms with E-state index < -0.39 is 0 Å². The molecule has 4 heteroatoms. The van der Waals surface area contributed by atoms with Gasteiger partial charge >= 0.3 is 0 Å². The van der Waals surface area contributed by atoms with Gasteiger partial charge in [-0.1, -0.05) is 37.4 Å². The Balaban J connectivity index is 2.46. The van der Waals surface area contributed by atoms with Crippen LogP contribution in [0, 0.1) is 0 Å². The number of carbonyl (C=O) groups is 2. The summed E-state index contributed by atoms with van der Waals surface area (Å²) < 4.78 is 0. The summed E-state index contributed by atoms with van der Waals surface area (Å²) in [7, 11) is 0. The van der Waals surface area contributed by atoms with Gasteiger partial charge in [-0.05, 0) is 71.4 Å². The largest absolute Gasteiger partial charge is 0.282 e. The molecule has 0 spiro atoms. The Labute approximate surface area is 138 Å². The highest BCUT2D eigenvalue weighted by Gasteiger charge is 2.12. The summed E-state index contributed by atoms with van der Waals surface area (Å²) in [5.74, 6) is 0. The molecule has 0 N–H and O–H groups in total. The van der Waals surface area contributed by atoms with Crippen molar-refractivity contribution in [1.29, 1.82) is 0 Å². The van der Waals surface area contributed by atoms with Gasteiger partial charge in [0.05, 0.1) is 0 Å². The van der Waals surface area contributed by atoms with E-state index in [0.717, 1.165) is 44.1 Å². The summed E-state index contributed by atoms with van der Waals surface area (Å²) in [6, 6.07) is 11.5. The van der Waals surface area contributed by atoms with Gasteiger partial charge in [0.25, 0.3) is 0 Å². The van der Waals surface area contributed by atoms with Gasteiger partial charge in [0, 0.05) is 9.79 Å². The van der Waals surface area contributed by atoms with Crippen molar-refractivity contribution in [1.82, 2.24) is 0 Å². The Hall–Kier alpha value is -1.78. The van der Waals surface area contributed by atoms with Gasteiger partial charge in [-0.2, -0.15) is 0 Å². The first-order chi connectivity index (χ1) is 10.4. The van der Waals surface area contributed by atoms with Crippen molar-refractivity contribution in [2.24, 2.45) is 0 Å². The lowest BCUT2D eigenvalue weighted by molar-refractivity contribution is -0.108. The van der Waals surface area contributed by atoms with Gasteiger partial charge in [-0.3, -0.25) is 9.59 Å². The molecule has 0 saturated carbocycles. The maximum Gasteiger partial charge on any atom is 0.219 e. The van der Waals surface area contributed by atoms with E-state index in [9.17, 15) is 9.59 Å². The summed E-state index contributed by atoms with van der Waals surface area (Å²) in [5, 5.41) is 1.82. The van der Waals surface area contributed by atoms with E-state index in [1.54, 1.807) is 13.8 Å². The zero-order valence-corrected chi connectivity index (χ0v) is 14.1. The predicted octanol–water partition coefficient (Wildman–Crippen LogP) is 5.23. The fourth-order valence-electron chi connectivity index (χ4n) is 1.80. The van der Waals surface area contributed by atoms with E-state index in [1.165, 1.54) is 0 Å². The Bertz CT molecular complexity index is 724. The van der Waals surface area contributed by atoms with E-state index in [1.807, 2.05) is 36.4 Å². The maximum atomic E-state index is 11.9. The third-order valence-electron chi connectivity index (χ3n) is 2.94. The van der Waals surface area contributed by atoms with Crippen molar-refractivity contribution in [2.75, 3.05) is 0 Å². The Morgan fingerprint density at radius 1 is 0.773 bits per heavy atom. The van der Waals surface area contributed by atoms with Gasteiger partial charge in [-0.25, -0.2) is 0 Å². The quantitative estimate of drug-likeness (QED) is 0.568. The van der Waals surface area contributed by atoms with Crippen molar-refractivity contribution in [2.45, 2.75) is 23.6 Å². The van der Waals surface area contributed by atoms with Crippen LogP contribution in [-0.2, 0) is 9.59 Å². The van der Waals surface area contributed by atoms with Crippen LogP contribution in [0.15, 0.2) is 70.5 Å². The third-order valence-corrected chi connectivity index (χ3v) is 5.16. The molecule has 2 aromatic carbocycles.